The molecule has 0 atom stereocenters. The highest BCUT2D eigenvalue weighted by molar-refractivity contribution is 6.31. The lowest BCUT2D eigenvalue weighted by Gasteiger charge is -2.09. The van der Waals surface area contributed by atoms with E-state index in [1.807, 2.05) is 71.3 Å². The van der Waals surface area contributed by atoms with Crippen molar-refractivity contribution in [2.24, 2.45) is 0 Å². The van der Waals surface area contributed by atoms with E-state index in [9.17, 15) is 5.26 Å². The lowest BCUT2D eigenvalue weighted by molar-refractivity contribution is 1.20. The fourth-order valence-corrected chi connectivity index (χ4v) is 3.91. The van der Waals surface area contributed by atoms with Crippen LogP contribution in [0, 0.1) is 18.3 Å². The molecule has 0 aliphatic carbocycles. The van der Waals surface area contributed by atoms with Gasteiger partial charge >= 0.3 is 0 Å². The summed E-state index contributed by atoms with van der Waals surface area (Å²) in [5.41, 5.74) is 7.06. The summed E-state index contributed by atoms with van der Waals surface area (Å²) in [5.74, 6) is 0. The average Bonchev–Trinajstić information content (AvgIpc) is 3.12. The van der Waals surface area contributed by atoms with E-state index in [1.165, 1.54) is 5.56 Å². The molecule has 0 bridgehead atoms. The Morgan fingerprint density at radius 3 is 2.41 bits per heavy atom. The zero-order chi connectivity index (χ0) is 20.0. The van der Waals surface area contributed by atoms with Gasteiger partial charge in [-0.15, -0.1) is 0 Å². The normalized spacial score (nSPS) is 11.1. The first-order chi connectivity index (χ1) is 14.2. The molecule has 0 aliphatic rings. The highest BCUT2D eigenvalue weighted by Gasteiger charge is 2.18. The topological polar surface area (TPSA) is 41.1 Å². The van der Waals surface area contributed by atoms with E-state index in [0.29, 0.717) is 16.2 Å². The van der Waals surface area contributed by atoms with Gasteiger partial charge in [-0.2, -0.15) is 5.26 Å². The molecule has 2 aromatic heterocycles. The van der Waals surface area contributed by atoms with Crippen molar-refractivity contribution in [3.05, 3.63) is 95.1 Å². The van der Waals surface area contributed by atoms with Gasteiger partial charge in [0.25, 0.3) is 0 Å². The number of hydrogen-bond donors (Lipinski definition) is 0. The average molecular weight is 394 g/mol. The summed E-state index contributed by atoms with van der Waals surface area (Å²) in [6.45, 7) is 2.05. The largest absolute Gasteiger partial charge is 0.299 e. The van der Waals surface area contributed by atoms with Crippen molar-refractivity contribution in [3.8, 4) is 28.5 Å². The summed E-state index contributed by atoms with van der Waals surface area (Å²) in [7, 11) is 0. The molecule has 0 N–H and O–H groups in total. The highest BCUT2D eigenvalue weighted by atomic mass is 35.5. The SMILES string of the molecule is Cc1ccc(-c2cn3c(nc(-c4ccccc4)c4cc(Cl)ccc43)c2C#N)cc1. The first-order valence-corrected chi connectivity index (χ1v) is 9.70. The Bertz CT molecular complexity index is 1410. The van der Waals surface area contributed by atoms with Crippen molar-refractivity contribution in [2.45, 2.75) is 6.92 Å². The molecule has 3 nitrogen and oxygen atoms in total. The number of nitrogens with zero attached hydrogens (tertiary/aromatic N) is 3. The molecule has 0 unspecified atom stereocenters. The molecule has 0 aliphatic heterocycles. The Kier molecular flexibility index (Phi) is 4.08. The van der Waals surface area contributed by atoms with E-state index in [1.54, 1.807) is 0 Å². The third kappa shape index (κ3) is 2.86. The molecule has 0 radical (unpaired) electrons. The van der Waals surface area contributed by atoms with Gasteiger partial charge in [-0.25, -0.2) is 4.98 Å². The quantitative estimate of drug-likeness (QED) is 0.336. The number of fused-ring (bicyclic) bond motifs is 3. The van der Waals surface area contributed by atoms with Gasteiger partial charge in [0.1, 0.15) is 11.6 Å². The van der Waals surface area contributed by atoms with E-state index in [2.05, 4.69) is 25.1 Å². The molecule has 5 aromatic rings. The Balaban J connectivity index is 1.91. The maximum atomic E-state index is 9.97. The molecule has 0 saturated carbocycles. The third-order valence-electron chi connectivity index (χ3n) is 5.19. The van der Waals surface area contributed by atoms with Crippen LogP contribution < -0.4 is 0 Å². The van der Waals surface area contributed by atoms with E-state index in [4.69, 9.17) is 16.6 Å². The molecule has 0 saturated heterocycles. The Labute approximate surface area is 173 Å². The molecule has 0 amide bonds. The maximum Gasteiger partial charge on any atom is 0.156 e. The second-order valence-electron chi connectivity index (χ2n) is 7.08. The van der Waals surface area contributed by atoms with Gasteiger partial charge in [-0.1, -0.05) is 71.8 Å². The van der Waals surface area contributed by atoms with Crippen LogP contribution >= 0.6 is 11.6 Å². The third-order valence-corrected chi connectivity index (χ3v) is 5.43. The lowest BCUT2D eigenvalue weighted by Crippen LogP contribution is -1.95. The van der Waals surface area contributed by atoms with Crippen LogP contribution in [0.4, 0.5) is 0 Å². The standard InChI is InChI=1S/C25H16ClN3/c1-16-7-9-17(10-8-16)22-15-29-23-12-11-19(26)13-20(23)24(18-5-3-2-4-6-18)28-25(29)21(22)14-27/h2-13,15H,1H3. The first-order valence-electron chi connectivity index (χ1n) is 9.32. The van der Waals surface area contributed by atoms with Gasteiger partial charge in [0, 0.05) is 27.7 Å². The van der Waals surface area contributed by atoms with Crippen LogP contribution in [0.15, 0.2) is 79.0 Å². The number of hydrogen-bond acceptors (Lipinski definition) is 2. The van der Waals surface area contributed by atoms with Crippen LogP contribution in [-0.2, 0) is 0 Å². The van der Waals surface area contributed by atoms with E-state index >= 15 is 0 Å². The Morgan fingerprint density at radius 2 is 1.69 bits per heavy atom. The van der Waals surface area contributed by atoms with Crippen LogP contribution in [0.2, 0.25) is 5.02 Å². The summed E-state index contributed by atoms with van der Waals surface area (Å²) in [6.07, 6.45) is 2.00. The minimum atomic E-state index is 0.572. The molecule has 4 heteroatoms. The van der Waals surface area contributed by atoms with Gasteiger partial charge in [0.15, 0.2) is 5.65 Å². The predicted octanol–water partition coefficient (Wildman–Crippen LogP) is 6.66. The molecule has 0 fully saturated rings. The van der Waals surface area contributed by atoms with E-state index in [-0.39, 0.29) is 0 Å². The first kappa shape index (κ1) is 17.5. The lowest BCUT2D eigenvalue weighted by atomic mass is 10.0. The maximum absolute atomic E-state index is 9.97. The number of nitriles is 1. The zero-order valence-corrected chi connectivity index (χ0v) is 16.5. The molecular formula is C25H16ClN3. The second kappa shape index (κ2) is 6.77. The number of benzene rings is 3. The van der Waals surface area contributed by atoms with Crippen molar-refractivity contribution in [3.63, 3.8) is 0 Å². The number of halogens is 1. The second-order valence-corrected chi connectivity index (χ2v) is 7.51. The molecule has 2 heterocycles. The van der Waals surface area contributed by atoms with Crippen LogP contribution in [0.3, 0.4) is 0 Å². The van der Waals surface area contributed by atoms with Gasteiger partial charge < -0.3 is 0 Å². The monoisotopic (exact) mass is 393 g/mol. The van der Waals surface area contributed by atoms with Gasteiger partial charge in [0.2, 0.25) is 0 Å². The number of rotatable bonds is 2. The number of aromatic nitrogens is 2. The minimum Gasteiger partial charge on any atom is -0.299 e. The number of aryl methyl sites for hydroxylation is 1. The molecule has 5 rings (SSSR count). The fraction of sp³-hybridized carbons (Fsp3) is 0.0400. The molecule has 29 heavy (non-hydrogen) atoms. The van der Waals surface area contributed by atoms with Gasteiger partial charge in [0.05, 0.1) is 11.2 Å². The molecule has 3 aromatic carbocycles. The van der Waals surface area contributed by atoms with Crippen molar-refractivity contribution in [1.29, 1.82) is 5.26 Å². The molecular weight excluding hydrogens is 378 g/mol. The fourth-order valence-electron chi connectivity index (χ4n) is 3.74. The summed E-state index contributed by atoms with van der Waals surface area (Å²) < 4.78 is 1.99. The predicted molar refractivity (Wildman–Crippen MR) is 118 cm³/mol. The summed E-state index contributed by atoms with van der Waals surface area (Å²) in [6, 6.07) is 26.4. The Morgan fingerprint density at radius 1 is 0.931 bits per heavy atom. The molecule has 138 valence electrons. The minimum absolute atomic E-state index is 0.572. The Hall–Kier alpha value is -3.61. The summed E-state index contributed by atoms with van der Waals surface area (Å²) in [4.78, 5) is 4.93. The van der Waals surface area contributed by atoms with Crippen LogP contribution in [0.5, 0.6) is 0 Å². The van der Waals surface area contributed by atoms with Crippen molar-refractivity contribution in [1.82, 2.24) is 9.38 Å². The van der Waals surface area contributed by atoms with Gasteiger partial charge in [-0.3, -0.25) is 4.40 Å². The van der Waals surface area contributed by atoms with Crippen LogP contribution in [0.1, 0.15) is 11.1 Å². The summed E-state index contributed by atoms with van der Waals surface area (Å²) >= 11 is 6.31. The zero-order valence-electron chi connectivity index (χ0n) is 15.7. The van der Waals surface area contributed by atoms with Crippen LogP contribution in [0.25, 0.3) is 38.9 Å². The highest BCUT2D eigenvalue weighted by Crippen LogP contribution is 2.35. The summed E-state index contributed by atoms with van der Waals surface area (Å²) in [5, 5.41) is 11.6. The van der Waals surface area contributed by atoms with Crippen molar-refractivity contribution in [2.75, 3.05) is 0 Å². The molecule has 0 spiro atoms. The van der Waals surface area contributed by atoms with E-state index in [0.717, 1.165) is 33.3 Å². The van der Waals surface area contributed by atoms with E-state index < -0.39 is 0 Å². The van der Waals surface area contributed by atoms with Crippen molar-refractivity contribution >= 4 is 28.2 Å². The smallest absolute Gasteiger partial charge is 0.156 e. The van der Waals surface area contributed by atoms with Crippen molar-refractivity contribution < 1.29 is 0 Å². The van der Waals surface area contributed by atoms with Gasteiger partial charge in [-0.05, 0) is 30.7 Å². The van der Waals surface area contributed by atoms with Crippen LogP contribution in [-0.4, -0.2) is 9.38 Å².